The highest BCUT2D eigenvalue weighted by molar-refractivity contribution is 7.89. The van der Waals surface area contributed by atoms with Gasteiger partial charge in [0.15, 0.2) is 0 Å². The van der Waals surface area contributed by atoms with Crippen LogP contribution < -0.4 is 0 Å². The van der Waals surface area contributed by atoms with Crippen molar-refractivity contribution in [1.29, 1.82) is 0 Å². The van der Waals surface area contributed by atoms with E-state index in [1.807, 2.05) is 17.5 Å². The predicted octanol–water partition coefficient (Wildman–Crippen LogP) is 2.92. The third-order valence-electron chi connectivity index (χ3n) is 3.56. The molecule has 0 saturated carbocycles. The number of nitrogens with zero attached hydrogens (tertiary/aromatic N) is 4. The predicted molar refractivity (Wildman–Crippen MR) is 94.0 cm³/mol. The van der Waals surface area contributed by atoms with Gasteiger partial charge in [-0.3, -0.25) is 10.1 Å². The summed E-state index contributed by atoms with van der Waals surface area (Å²) < 4.78 is 31.8. The second-order valence-corrected chi connectivity index (χ2v) is 8.06. The number of hydrogen-bond donors (Lipinski definition) is 0. The molecule has 0 bridgehead atoms. The zero-order valence-electron chi connectivity index (χ0n) is 13.6. The molecule has 0 N–H and O–H groups in total. The molecule has 0 spiro atoms. The number of rotatable bonds is 7. The number of thiophene rings is 1. The van der Waals surface area contributed by atoms with E-state index in [0.717, 1.165) is 17.0 Å². The summed E-state index contributed by atoms with van der Waals surface area (Å²) in [5.41, 5.74) is -0.176. The van der Waals surface area contributed by atoms with Crippen molar-refractivity contribution in [3.8, 4) is 10.7 Å². The minimum Gasteiger partial charge on any atom is -0.337 e. The number of nitro groups is 1. The first-order valence-electron chi connectivity index (χ1n) is 7.53. The number of sulfonamides is 1. The molecule has 0 fully saturated rings. The Bertz CT molecular complexity index is 997. The van der Waals surface area contributed by atoms with Crippen molar-refractivity contribution in [2.75, 3.05) is 6.54 Å². The average molecular weight is 394 g/mol. The molecule has 0 aliphatic carbocycles. The quantitative estimate of drug-likeness (QED) is 0.446. The fourth-order valence-electron chi connectivity index (χ4n) is 2.23. The molecule has 3 rings (SSSR count). The maximum absolute atomic E-state index is 12.8. The molecule has 3 aromatic rings. The first-order chi connectivity index (χ1) is 12.4. The molecule has 0 aliphatic rings. The minimum atomic E-state index is -3.85. The summed E-state index contributed by atoms with van der Waals surface area (Å²) in [6, 6.07) is 8.42. The second kappa shape index (κ2) is 7.32. The molecule has 1 aromatic carbocycles. The van der Waals surface area contributed by atoms with Crippen LogP contribution in [0.2, 0.25) is 0 Å². The molecule has 2 aromatic heterocycles. The molecule has 0 saturated heterocycles. The van der Waals surface area contributed by atoms with Gasteiger partial charge in [0, 0.05) is 18.7 Å². The maximum Gasteiger partial charge on any atom is 0.269 e. The number of hydrogen-bond acceptors (Lipinski definition) is 8. The zero-order chi connectivity index (χ0) is 18.7. The molecule has 2 heterocycles. The van der Waals surface area contributed by atoms with E-state index in [-0.39, 0.29) is 29.6 Å². The van der Waals surface area contributed by atoms with Gasteiger partial charge in [0.2, 0.25) is 21.7 Å². The molecule has 0 radical (unpaired) electrons. The Morgan fingerprint density at radius 3 is 2.58 bits per heavy atom. The van der Waals surface area contributed by atoms with Crippen LogP contribution in [0, 0.1) is 10.1 Å². The van der Waals surface area contributed by atoms with E-state index in [1.54, 1.807) is 6.92 Å². The van der Waals surface area contributed by atoms with E-state index < -0.39 is 14.9 Å². The maximum atomic E-state index is 12.8. The fourth-order valence-corrected chi connectivity index (χ4v) is 4.28. The molecule has 0 amide bonds. The van der Waals surface area contributed by atoms with E-state index in [0.29, 0.717) is 5.82 Å². The van der Waals surface area contributed by atoms with Crippen molar-refractivity contribution >= 4 is 27.0 Å². The van der Waals surface area contributed by atoms with E-state index in [1.165, 1.54) is 27.8 Å². The first kappa shape index (κ1) is 18.2. The van der Waals surface area contributed by atoms with Crippen LogP contribution in [0.3, 0.4) is 0 Å². The van der Waals surface area contributed by atoms with Gasteiger partial charge in [-0.25, -0.2) is 8.42 Å². The first-order valence-corrected chi connectivity index (χ1v) is 9.85. The SMILES string of the molecule is CCN(Cc1nc(-c2cccs2)no1)S(=O)(=O)c1ccc([N+](=O)[O-])cc1. The Labute approximate surface area is 153 Å². The summed E-state index contributed by atoms with van der Waals surface area (Å²) in [5.74, 6) is 0.569. The van der Waals surface area contributed by atoms with Crippen LogP contribution >= 0.6 is 11.3 Å². The fraction of sp³-hybridized carbons (Fsp3) is 0.200. The number of benzene rings is 1. The minimum absolute atomic E-state index is 0.0389. The normalized spacial score (nSPS) is 11.8. The summed E-state index contributed by atoms with van der Waals surface area (Å²) in [7, 11) is -3.85. The summed E-state index contributed by atoms with van der Waals surface area (Å²) in [5, 5.41) is 16.4. The second-order valence-electron chi connectivity index (χ2n) is 5.17. The Hall–Kier alpha value is -2.63. The van der Waals surface area contributed by atoms with Gasteiger partial charge >= 0.3 is 0 Å². The van der Waals surface area contributed by atoms with Gasteiger partial charge < -0.3 is 4.52 Å². The smallest absolute Gasteiger partial charge is 0.269 e. The van der Waals surface area contributed by atoms with Crippen molar-refractivity contribution < 1.29 is 17.9 Å². The molecule has 11 heteroatoms. The molecular formula is C15H14N4O5S2. The Balaban J connectivity index is 1.82. The molecule has 0 unspecified atom stereocenters. The molecule has 0 atom stereocenters. The molecule has 0 aliphatic heterocycles. The van der Waals surface area contributed by atoms with E-state index in [4.69, 9.17) is 4.52 Å². The lowest BCUT2D eigenvalue weighted by molar-refractivity contribution is -0.384. The highest BCUT2D eigenvalue weighted by Crippen LogP contribution is 2.24. The lowest BCUT2D eigenvalue weighted by Gasteiger charge is -2.18. The van der Waals surface area contributed by atoms with E-state index in [2.05, 4.69) is 10.1 Å². The average Bonchev–Trinajstić information content (AvgIpc) is 3.31. The Morgan fingerprint density at radius 2 is 2.00 bits per heavy atom. The molecule has 9 nitrogen and oxygen atoms in total. The van der Waals surface area contributed by atoms with Crippen LogP contribution in [0.1, 0.15) is 12.8 Å². The van der Waals surface area contributed by atoms with E-state index in [9.17, 15) is 18.5 Å². The Kier molecular flexibility index (Phi) is 5.11. The lowest BCUT2D eigenvalue weighted by atomic mass is 10.3. The van der Waals surface area contributed by atoms with Gasteiger partial charge in [-0.2, -0.15) is 9.29 Å². The van der Waals surface area contributed by atoms with Gasteiger partial charge in [-0.05, 0) is 23.6 Å². The van der Waals surface area contributed by atoms with Crippen molar-refractivity contribution in [2.45, 2.75) is 18.4 Å². The van der Waals surface area contributed by atoms with Crippen LogP contribution in [0.15, 0.2) is 51.2 Å². The number of non-ortho nitro benzene ring substituents is 1. The standard InChI is InChI=1S/C15H14N4O5S2/c1-2-18(10-14-16-15(17-24-14)13-4-3-9-25-13)26(22,23)12-7-5-11(6-8-12)19(20)21/h3-9H,2,10H2,1H3. The van der Waals surface area contributed by atoms with Gasteiger partial charge in [0.25, 0.3) is 5.69 Å². The highest BCUT2D eigenvalue weighted by Gasteiger charge is 2.26. The molecule has 136 valence electrons. The number of nitro benzene ring substituents is 1. The summed E-state index contributed by atoms with van der Waals surface area (Å²) >= 11 is 1.45. The van der Waals surface area contributed by atoms with Gasteiger partial charge in [-0.1, -0.05) is 18.1 Å². The third kappa shape index (κ3) is 3.64. The van der Waals surface area contributed by atoms with E-state index >= 15 is 0 Å². The summed E-state index contributed by atoms with van der Waals surface area (Å²) in [6.07, 6.45) is 0. The molecule has 26 heavy (non-hydrogen) atoms. The topological polar surface area (TPSA) is 119 Å². The van der Waals surface area contributed by atoms with Crippen molar-refractivity contribution in [2.24, 2.45) is 0 Å². The van der Waals surface area contributed by atoms with Crippen molar-refractivity contribution in [3.63, 3.8) is 0 Å². The van der Waals surface area contributed by atoms with Gasteiger partial charge in [-0.15, -0.1) is 11.3 Å². The molecular weight excluding hydrogens is 380 g/mol. The van der Waals surface area contributed by atoms with Crippen LogP contribution in [0.5, 0.6) is 0 Å². The number of aromatic nitrogens is 2. The van der Waals surface area contributed by atoms with Crippen molar-refractivity contribution in [1.82, 2.24) is 14.4 Å². The summed E-state index contributed by atoms with van der Waals surface area (Å²) in [6.45, 7) is 1.77. The Morgan fingerprint density at radius 1 is 1.27 bits per heavy atom. The largest absolute Gasteiger partial charge is 0.337 e. The van der Waals surface area contributed by atoms with Crippen molar-refractivity contribution in [3.05, 3.63) is 57.8 Å². The zero-order valence-corrected chi connectivity index (χ0v) is 15.2. The summed E-state index contributed by atoms with van der Waals surface area (Å²) in [4.78, 5) is 15.1. The lowest BCUT2D eigenvalue weighted by Crippen LogP contribution is -2.30. The van der Waals surface area contributed by atoms with Gasteiger partial charge in [0.05, 0.1) is 21.2 Å². The van der Waals surface area contributed by atoms with Crippen LogP contribution in [0.4, 0.5) is 5.69 Å². The van der Waals surface area contributed by atoms with Crippen LogP contribution in [-0.4, -0.2) is 34.3 Å². The van der Waals surface area contributed by atoms with Gasteiger partial charge in [0.1, 0.15) is 0 Å². The van der Waals surface area contributed by atoms with Crippen LogP contribution in [0.25, 0.3) is 10.7 Å². The monoisotopic (exact) mass is 394 g/mol. The third-order valence-corrected chi connectivity index (χ3v) is 6.36. The highest BCUT2D eigenvalue weighted by atomic mass is 32.2. The van der Waals surface area contributed by atoms with Crippen LogP contribution in [-0.2, 0) is 16.6 Å².